The van der Waals surface area contributed by atoms with Crippen molar-refractivity contribution < 1.29 is 4.52 Å². The second kappa shape index (κ2) is 3.63. The number of aromatic nitrogens is 1. The molecule has 0 spiro atoms. The van der Waals surface area contributed by atoms with Gasteiger partial charge in [0.2, 0.25) is 5.88 Å². The van der Waals surface area contributed by atoms with Crippen LogP contribution in [0.25, 0.3) is 10.6 Å². The Morgan fingerprint density at radius 1 is 1.64 bits per heavy atom. The SMILES string of the molecule is CCc1c(-c2sccc2Cl)noc1N. The molecule has 0 aliphatic heterocycles. The summed E-state index contributed by atoms with van der Waals surface area (Å²) in [4.78, 5) is 0.920. The van der Waals surface area contributed by atoms with Gasteiger partial charge in [0, 0.05) is 5.56 Å². The van der Waals surface area contributed by atoms with Crippen molar-refractivity contribution in [2.75, 3.05) is 5.73 Å². The maximum Gasteiger partial charge on any atom is 0.225 e. The van der Waals surface area contributed by atoms with E-state index in [4.69, 9.17) is 21.9 Å². The average molecular weight is 229 g/mol. The number of nitrogen functional groups attached to an aromatic ring is 1. The molecule has 0 unspecified atom stereocenters. The number of nitrogens with zero attached hydrogens (tertiary/aromatic N) is 1. The van der Waals surface area contributed by atoms with E-state index >= 15 is 0 Å². The molecular formula is C9H9ClN2OS. The number of halogens is 1. The van der Waals surface area contributed by atoms with Crippen molar-refractivity contribution in [2.45, 2.75) is 13.3 Å². The first-order chi connectivity index (χ1) is 6.74. The van der Waals surface area contributed by atoms with Crippen molar-refractivity contribution in [1.82, 2.24) is 5.16 Å². The fourth-order valence-corrected chi connectivity index (χ4v) is 2.46. The molecule has 0 atom stereocenters. The molecule has 2 aromatic heterocycles. The van der Waals surface area contributed by atoms with Crippen molar-refractivity contribution in [2.24, 2.45) is 0 Å². The van der Waals surface area contributed by atoms with E-state index in [9.17, 15) is 0 Å². The molecule has 0 fully saturated rings. The third kappa shape index (κ3) is 1.40. The Morgan fingerprint density at radius 3 is 3.00 bits per heavy atom. The smallest absolute Gasteiger partial charge is 0.225 e. The van der Waals surface area contributed by atoms with Crippen molar-refractivity contribution in [3.8, 4) is 10.6 Å². The van der Waals surface area contributed by atoms with Crippen LogP contribution >= 0.6 is 22.9 Å². The lowest BCUT2D eigenvalue weighted by Gasteiger charge is -1.95. The highest BCUT2D eigenvalue weighted by Gasteiger charge is 2.16. The molecule has 0 aliphatic rings. The van der Waals surface area contributed by atoms with Gasteiger partial charge in [0.05, 0.1) is 9.90 Å². The summed E-state index contributed by atoms with van der Waals surface area (Å²) in [5, 5.41) is 6.53. The Balaban J connectivity index is 2.57. The van der Waals surface area contributed by atoms with Gasteiger partial charge in [-0.2, -0.15) is 0 Å². The standard InChI is InChI=1S/C9H9ClN2OS/c1-2-5-7(12-13-9(5)11)8-6(10)3-4-14-8/h3-4H,2,11H2,1H3. The third-order valence-electron chi connectivity index (χ3n) is 2.00. The van der Waals surface area contributed by atoms with E-state index in [-0.39, 0.29) is 0 Å². The minimum Gasteiger partial charge on any atom is -0.367 e. The molecule has 0 saturated carbocycles. The summed E-state index contributed by atoms with van der Waals surface area (Å²) in [6, 6.07) is 1.84. The van der Waals surface area contributed by atoms with Gasteiger partial charge >= 0.3 is 0 Å². The highest BCUT2D eigenvalue weighted by molar-refractivity contribution is 7.14. The quantitative estimate of drug-likeness (QED) is 0.859. The molecule has 2 rings (SSSR count). The Bertz CT molecular complexity index is 449. The molecule has 0 aromatic carbocycles. The third-order valence-corrected chi connectivity index (χ3v) is 3.35. The number of anilines is 1. The molecule has 0 radical (unpaired) electrons. The van der Waals surface area contributed by atoms with Gasteiger partial charge in [0.15, 0.2) is 0 Å². The minimum absolute atomic E-state index is 0.381. The van der Waals surface area contributed by atoms with Gasteiger partial charge in [-0.3, -0.25) is 0 Å². The second-order valence-electron chi connectivity index (χ2n) is 2.83. The minimum atomic E-state index is 0.381. The molecule has 0 bridgehead atoms. The summed E-state index contributed by atoms with van der Waals surface area (Å²) in [6.45, 7) is 2.01. The van der Waals surface area contributed by atoms with Crippen LogP contribution in [0.3, 0.4) is 0 Å². The molecule has 5 heteroatoms. The number of thiophene rings is 1. The first-order valence-corrected chi connectivity index (χ1v) is 5.47. The van der Waals surface area contributed by atoms with Crippen LogP contribution in [-0.2, 0) is 6.42 Å². The largest absolute Gasteiger partial charge is 0.367 e. The van der Waals surface area contributed by atoms with E-state index < -0.39 is 0 Å². The van der Waals surface area contributed by atoms with E-state index in [1.54, 1.807) is 0 Å². The van der Waals surface area contributed by atoms with Crippen molar-refractivity contribution in [3.05, 3.63) is 22.0 Å². The van der Waals surface area contributed by atoms with Crippen molar-refractivity contribution >= 4 is 28.8 Å². The number of nitrogens with two attached hydrogens (primary N) is 1. The van der Waals surface area contributed by atoms with Crippen LogP contribution in [0, 0.1) is 0 Å². The molecule has 2 N–H and O–H groups in total. The molecule has 2 heterocycles. The summed E-state index contributed by atoms with van der Waals surface area (Å²) in [7, 11) is 0. The van der Waals surface area contributed by atoms with Crippen LogP contribution in [0.15, 0.2) is 16.0 Å². The highest BCUT2D eigenvalue weighted by atomic mass is 35.5. The number of rotatable bonds is 2. The summed E-state index contributed by atoms with van der Waals surface area (Å²) < 4.78 is 4.94. The Morgan fingerprint density at radius 2 is 2.43 bits per heavy atom. The normalized spacial score (nSPS) is 10.7. The monoisotopic (exact) mass is 228 g/mol. The molecule has 0 amide bonds. The Kier molecular flexibility index (Phi) is 2.48. The maximum atomic E-state index is 6.00. The summed E-state index contributed by atoms with van der Waals surface area (Å²) in [5.74, 6) is 0.381. The summed E-state index contributed by atoms with van der Waals surface area (Å²) >= 11 is 7.54. The van der Waals surface area contributed by atoms with E-state index in [0.29, 0.717) is 10.9 Å². The van der Waals surface area contributed by atoms with Crippen LogP contribution in [0.2, 0.25) is 5.02 Å². The van der Waals surface area contributed by atoms with Gasteiger partial charge in [-0.15, -0.1) is 11.3 Å². The molecular weight excluding hydrogens is 220 g/mol. The zero-order chi connectivity index (χ0) is 10.1. The predicted octanol–water partition coefficient (Wildman–Crippen LogP) is 3.20. The van der Waals surface area contributed by atoms with Crippen molar-refractivity contribution in [3.63, 3.8) is 0 Å². The second-order valence-corrected chi connectivity index (χ2v) is 4.15. The maximum absolute atomic E-state index is 6.00. The van der Waals surface area contributed by atoms with Gasteiger partial charge in [-0.25, -0.2) is 0 Å². The average Bonchev–Trinajstić information content (AvgIpc) is 2.71. The van der Waals surface area contributed by atoms with Gasteiger partial charge in [-0.1, -0.05) is 23.7 Å². The van der Waals surface area contributed by atoms with Crippen LogP contribution in [0.4, 0.5) is 5.88 Å². The fraction of sp³-hybridized carbons (Fsp3) is 0.222. The first kappa shape index (κ1) is 9.55. The first-order valence-electron chi connectivity index (χ1n) is 4.21. The highest BCUT2D eigenvalue weighted by Crippen LogP contribution is 2.36. The van der Waals surface area contributed by atoms with Gasteiger partial charge in [0.25, 0.3) is 0 Å². The summed E-state index contributed by atoms with van der Waals surface area (Å²) in [6.07, 6.45) is 0.791. The fourth-order valence-electron chi connectivity index (χ4n) is 1.30. The number of hydrogen-bond acceptors (Lipinski definition) is 4. The molecule has 0 saturated heterocycles. The lowest BCUT2D eigenvalue weighted by Crippen LogP contribution is -1.88. The lowest BCUT2D eigenvalue weighted by atomic mass is 10.1. The molecule has 14 heavy (non-hydrogen) atoms. The zero-order valence-corrected chi connectivity index (χ0v) is 9.15. The lowest BCUT2D eigenvalue weighted by molar-refractivity contribution is 0.439. The molecule has 74 valence electrons. The van der Waals surface area contributed by atoms with E-state index in [2.05, 4.69) is 5.16 Å². The predicted molar refractivity (Wildman–Crippen MR) is 58.6 cm³/mol. The van der Waals surface area contributed by atoms with Gasteiger partial charge in [-0.05, 0) is 17.9 Å². The van der Waals surface area contributed by atoms with Crippen LogP contribution in [-0.4, -0.2) is 5.16 Å². The van der Waals surface area contributed by atoms with E-state index in [0.717, 1.165) is 22.6 Å². The molecule has 0 aliphatic carbocycles. The zero-order valence-electron chi connectivity index (χ0n) is 7.58. The van der Waals surface area contributed by atoms with Crippen LogP contribution in [0.5, 0.6) is 0 Å². The van der Waals surface area contributed by atoms with Crippen LogP contribution in [0.1, 0.15) is 12.5 Å². The van der Waals surface area contributed by atoms with Gasteiger partial charge < -0.3 is 10.3 Å². The van der Waals surface area contributed by atoms with Crippen molar-refractivity contribution in [1.29, 1.82) is 0 Å². The molecule has 3 nitrogen and oxygen atoms in total. The van der Waals surface area contributed by atoms with Crippen LogP contribution < -0.4 is 5.73 Å². The van der Waals surface area contributed by atoms with E-state index in [1.807, 2.05) is 18.4 Å². The Hall–Kier alpha value is -1.00. The van der Waals surface area contributed by atoms with E-state index in [1.165, 1.54) is 11.3 Å². The van der Waals surface area contributed by atoms with Gasteiger partial charge in [0.1, 0.15) is 5.69 Å². The topological polar surface area (TPSA) is 52.0 Å². The Labute approximate surface area is 90.5 Å². The summed E-state index contributed by atoms with van der Waals surface area (Å²) in [5.41, 5.74) is 7.33. The number of hydrogen-bond donors (Lipinski definition) is 1. The molecule has 2 aromatic rings.